The van der Waals surface area contributed by atoms with Crippen molar-refractivity contribution in [1.29, 1.82) is 0 Å². The molecule has 0 bridgehead atoms. The van der Waals surface area contributed by atoms with Crippen LogP contribution in [0.4, 0.5) is 5.82 Å². The van der Waals surface area contributed by atoms with Crippen LogP contribution in [-0.4, -0.2) is 28.7 Å². The summed E-state index contributed by atoms with van der Waals surface area (Å²) in [6.45, 7) is 0.223. The number of benzene rings is 1. The Morgan fingerprint density at radius 2 is 1.90 bits per heavy atom. The first-order valence-corrected chi connectivity index (χ1v) is 7.18. The Kier molecular flexibility index (Phi) is 3.47. The zero-order chi connectivity index (χ0) is 15.0. The molecule has 1 N–H and O–H groups in total. The molecular formula is C15H12BrN3O2. The van der Waals surface area contributed by atoms with Crippen molar-refractivity contribution in [2.45, 2.75) is 6.54 Å². The fraction of sp³-hybridized carbons (Fsp3) is 0.133. The van der Waals surface area contributed by atoms with Crippen LogP contribution < -0.4 is 5.32 Å². The maximum atomic E-state index is 12.3. The SMILES string of the molecule is CNc1ccc(CN2C(=O)c3ccc(Br)cc3C2=O)cn1. The summed E-state index contributed by atoms with van der Waals surface area (Å²) in [7, 11) is 1.78. The first-order valence-electron chi connectivity index (χ1n) is 6.38. The Morgan fingerprint density at radius 3 is 2.57 bits per heavy atom. The average Bonchev–Trinajstić information content (AvgIpc) is 2.73. The highest BCUT2D eigenvalue weighted by Gasteiger charge is 2.35. The number of rotatable bonds is 3. The average molecular weight is 346 g/mol. The van der Waals surface area contributed by atoms with Crippen molar-refractivity contribution in [3.8, 4) is 0 Å². The van der Waals surface area contributed by atoms with Gasteiger partial charge in [0.1, 0.15) is 5.82 Å². The van der Waals surface area contributed by atoms with Gasteiger partial charge in [0, 0.05) is 17.7 Å². The van der Waals surface area contributed by atoms with E-state index in [1.807, 2.05) is 12.1 Å². The topological polar surface area (TPSA) is 62.3 Å². The van der Waals surface area contributed by atoms with Crippen LogP contribution in [0.2, 0.25) is 0 Å². The number of amides is 2. The van der Waals surface area contributed by atoms with E-state index in [1.165, 1.54) is 4.90 Å². The summed E-state index contributed by atoms with van der Waals surface area (Å²) in [6, 6.07) is 8.76. The summed E-state index contributed by atoms with van der Waals surface area (Å²) >= 11 is 3.32. The van der Waals surface area contributed by atoms with Gasteiger partial charge in [-0.05, 0) is 29.8 Å². The molecule has 0 radical (unpaired) electrons. The lowest BCUT2D eigenvalue weighted by Gasteiger charge is -2.13. The van der Waals surface area contributed by atoms with Gasteiger partial charge in [0.2, 0.25) is 0 Å². The molecule has 2 heterocycles. The van der Waals surface area contributed by atoms with E-state index in [9.17, 15) is 9.59 Å². The van der Waals surface area contributed by atoms with Crippen LogP contribution in [0, 0.1) is 0 Å². The van der Waals surface area contributed by atoms with Crippen LogP contribution in [0.3, 0.4) is 0 Å². The number of imide groups is 1. The van der Waals surface area contributed by atoms with Crippen molar-refractivity contribution in [2.75, 3.05) is 12.4 Å². The van der Waals surface area contributed by atoms with Gasteiger partial charge in [-0.15, -0.1) is 0 Å². The van der Waals surface area contributed by atoms with Crippen molar-refractivity contribution in [3.63, 3.8) is 0 Å². The lowest BCUT2D eigenvalue weighted by molar-refractivity contribution is 0.0642. The maximum Gasteiger partial charge on any atom is 0.261 e. The Hall–Kier alpha value is -2.21. The number of aromatic nitrogens is 1. The van der Waals surface area contributed by atoms with E-state index in [1.54, 1.807) is 31.4 Å². The van der Waals surface area contributed by atoms with Crippen LogP contribution in [0.5, 0.6) is 0 Å². The zero-order valence-corrected chi connectivity index (χ0v) is 12.8. The highest BCUT2D eigenvalue weighted by molar-refractivity contribution is 9.10. The van der Waals surface area contributed by atoms with Gasteiger partial charge < -0.3 is 5.32 Å². The smallest absolute Gasteiger partial charge is 0.261 e. The molecular weight excluding hydrogens is 334 g/mol. The number of anilines is 1. The standard InChI is InChI=1S/C15H12BrN3O2/c1-17-13-5-2-9(7-18-13)8-19-14(20)11-4-3-10(16)6-12(11)15(19)21/h2-7H,8H2,1H3,(H,17,18). The number of nitrogens with one attached hydrogen (secondary N) is 1. The molecule has 0 spiro atoms. The third-order valence-electron chi connectivity index (χ3n) is 3.35. The Labute approximate surface area is 130 Å². The third kappa shape index (κ3) is 2.42. The zero-order valence-electron chi connectivity index (χ0n) is 11.3. The van der Waals surface area contributed by atoms with Gasteiger partial charge in [-0.3, -0.25) is 14.5 Å². The molecule has 6 heteroatoms. The lowest BCUT2D eigenvalue weighted by Crippen LogP contribution is -2.29. The first-order chi connectivity index (χ1) is 10.1. The molecule has 1 aliphatic heterocycles. The van der Waals surface area contributed by atoms with Gasteiger partial charge in [-0.1, -0.05) is 22.0 Å². The molecule has 2 aromatic rings. The number of halogens is 1. The summed E-state index contributed by atoms with van der Waals surface area (Å²) in [5, 5.41) is 2.92. The molecule has 106 valence electrons. The van der Waals surface area contributed by atoms with Gasteiger partial charge in [-0.2, -0.15) is 0 Å². The maximum absolute atomic E-state index is 12.3. The van der Waals surface area contributed by atoms with E-state index in [-0.39, 0.29) is 18.4 Å². The minimum atomic E-state index is -0.269. The van der Waals surface area contributed by atoms with Crippen LogP contribution in [-0.2, 0) is 6.54 Å². The number of hydrogen-bond acceptors (Lipinski definition) is 4. The van der Waals surface area contributed by atoms with E-state index >= 15 is 0 Å². The molecule has 21 heavy (non-hydrogen) atoms. The van der Waals surface area contributed by atoms with E-state index < -0.39 is 0 Å². The number of hydrogen-bond donors (Lipinski definition) is 1. The van der Waals surface area contributed by atoms with Crippen molar-refractivity contribution in [3.05, 3.63) is 57.7 Å². The van der Waals surface area contributed by atoms with Crippen molar-refractivity contribution >= 4 is 33.6 Å². The van der Waals surface area contributed by atoms with Gasteiger partial charge in [-0.25, -0.2) is 4.98 Å². The summed E-state index contributed by atoms with van der Waals surface area (Å²) in [4.78, 5) is 30.1. The molecule has 5 nitrogen and oxygen atoms in total. The Morgan fingerprint density at radius 1 is 1.14 bits per heavy atom. The van der Waals surface area contributed by atoms with Crippen molar-refractivity contribution in [1.82, 2.24) is 9.88 Å². The van der Waals surface area contributed by atoms with Crippen LogP contribution in [0.1, 0.15) is 26.3 Å². The second kappa shape index (κ2) is 5.29. The van der Waals surface area contributed by atoms with E-state index in [0.717, 1.165) is 15.9 Å². The Bertz CT molecular complexity index is 728. The number of fused-ring (bicyclic) bond motifs is 1. The predicted octanol–water partition coefficient (Wildman–Crippen LogP) is 2.68. The normalized spacial score (nSPS) is 13.5. The molecule has 0 saturated heterocycles. The number of carbonyl (C=O) groups is 2. The molecule has 1 aromatic heterocycles. The predicted molar refractivity (Wildman–Crippen MR) is 82.1 cm³/mol. The van der Waals surface area contributed by atoms with Crippen molar-refractivity contribution < 1.29 is 9.59 Å². The molecule has 0 aliphatic carbocycles. The number of pyridine rings is 1. The third-order valence-corrected chi connectivity index (χ3v) is 3.85. The van der Waals surface area contributed by atoms with Crippen molar-refractivity contribution in [2.24, 2.45) is 0 Å². The number of carbonyl (C=O) groups excluding carboxylic acids is 2. The summed E-state index contributed by atoms with van der Waals surface area (Å²) in [6.07, 6.45) is 1.66. The summed E-state index contributed by atoms with van der Waals surface area (Å²) in [5.74, 6) is 0.208. The highest BCUT2D eigenvalue weighted by Crippen LogP contribution is 2.27. The fourth-order valence-corrected chi connectivity index (χ4v) is 2.62. The van der Waals surface area contributed by atoms with Crippen LogP contribution in [0.15, 0.2) is 41.0 Å². The quantitative estimate of drug-likeness (QED) is 0.868. The van der Waals surface area contributed by atoms with E-state index in [4.69, 9.17) is 0 Å². The van der Waals surface area contributed by atoms with E-state index in [2.05, 4.69) is 26.2 Å². The monoisotopic (exact) mass is 345 g/mol. The minimum absolute atomic E-state index is 0.223. The molecule has 2 amide bonds. The van der Waals surface area contributed by atoms with Crippen LogP contribution >= 0.6 is 15.9 Å². The highest BCUT2D eigenvalue weighted by atomic mass is 79.9. The van der Waals surface area contributed by atoms with Gasteiger partial charge in [0.25, 0.3) is 11.8 Å². The molecule has 1 aliphatic rings. The second-order valence-corrected chi connectivity index (χ2v) is 5.60. The minimum Gasteiger partial charge on any atom is -0.373 e. The van der Waals surface area contributed by atoms with Crippen LogP contribution in [0.25, 0.3) is 0 Å². The van der Waals surface area contributed by atoms with Gasteiger partial charge >= 0.3 is 0 Å². The number of nitrogens with zero attached hydrogens (tertiary/aromatic N) is 2. The molecule has 1 aromatic carbocycles. The Balaban J connectivity index is 1.87. The summed E-state index contributed by atoms with van der Waals surface area (Å²) < 4.78 is 0.782. The van der Waals surface area contributed by atoms with Gasteiger partial charge in [0.15, 0.2) is 0 Å². The molecule has 0 unspecified atom stereocenters. The largest absolute Gasteiger partial charge is 0.373 e. The second-order valence-electron chi connectivity index (χ2n) is 4.69. The lowest BCUT2D eigenvalue weighted by atomic mass is 10.1. The molecule has 0 fully saturated rings. The van der Waals surface area contributed by atoms with E-state index in [0.29, 0.717) is 11.1 Å². The summed E-state index contributed by atoms with van der Waals surface area (Å²) in [5.41, 5.74) is 1.69. The van der Waals surface area contributed by atoms with Gasteiger partial charge in [0.05, 0.1) is 17.7 Å². The molecule has 3 rings (SSSR count). The molecule has 0 atom stereocenters. The molecule has 0 saturated carbocycles. The first kappa shape index (κ1) is 13.8. The fourth-order valence-electron chi connectivity index (χ4n) is 2.26.